The Morgan fingerprint density at radius 2 is 1.88 bits per heavy atom. The van der Waals surface area contributed by atoms with Crippen molar-refractivity contribution in [3.05, 3.63) is 48.0 Å². The molecule has 2 aromatic rings. The van der Waals surface area contributed by atoms with Gasteiger partial charge in [-0.15, -0.1) is 0 Å². The van der Waals surface area contributed by atoms with Crippen LogP contribution >= 0.6 is 11.8 Å². The molecule has 1 aromatic carbocycles. The topological polar surface area (TPSA) is 42.9 Å². The minimum Gasteiger partial charge on any atom is -0.298 e. The Balaban J connectivity index is 2.21. The van der Waals surface area contributed by atoms with Crippen LogP contribution in [0.1, 0.15) is 10.4 Å². The normalized spacial score (nSPS) is 10.1. The van der Waals surface area contributed by atoms with E-state index in [-0.39, 0.29) is 5.82 Å². The van der Waals surface area contributed by atoms with E-state index in [0.29, 0.717) is 21.9 Å². The first-order valence-corrected chi connectivity index (χ1v) is 5.31. The van der Waals surface area contributed by atoms with Gasteiger partial charge in [-0.05, 0) is 23.9 Å². The lowest BCUT2D eigenvalue weighted by Gasteiger charge is -2.00. The molecule has 0 radical (unpaired) electrons. The van der Waals surface area contributed by atoms with E-state index < -0.39 is 0 Å². The summed E-state index contributed by atoms with van der Waals surface area (Å²) in [5.74, 6) is -0.310. The highest BCUT2D eigenvalue weighted by molar-refractivity contribution is 7.99. The minimum atomic E-state index is -0.310. The third-order valence-electron chi connectivity index (χ3n) is 1.82. The molecule has 0 aliphatic rings. The summed E-state index contributed by atoms with van der Waals surface area (Å²) in [4.78, 5) is 18.7. The van der Waals surface area contributed by atoms with Crippen LogP contribution < -0.4 is 0 Å². The molecule has 0 bridgehead atoms. The van der Waals surface area contributed by atoms with Crippen molar-refractivity contribution in [1.82, 2.24) is 9.97 Å². The predicted molar refractivity (Wildman–Crippen MR) is 57.9 cm³/mol. The number of aromatic nitrogens is 2. The Hall–Kier alpha value is -1.75. The minimum absolute atomic E-state index is 0.310. The Kier molecular flexibility index (Phi) is 3.26. The van der Waals surface area contributed by atoms with Gasteiger partial charge in [0.1, 0.15) is 5.82 Å². The van der Waals surface area contributed by atoms with Crippen molar-refractivity contribution in [2.24, 2.45) is 0 Å². The fourth-order valence-electron chi connectivity index (χ4n) is 1.07. The molecule has 5 heteroatoms. The van der Waals surface area contributed by atoms with Gasteiger partial charge < -0.3 is 0 Å². The van der Waals surface area contributed by atoms with Gasteiger partial charge >= 0.3 is 0 Å². The number of rotatable bonds is 3. The van der Waals surface area contributed by atoms with Crippen molar-refractivity contribution in [3.8, 4) is 0 Å². The van der Waals surface area contributed by atoms with E-state index in [1.807, 2.05) is 0 Å². The van der Waals surface area contributed by atoms with Gasteiger partial charge in [0.25, 0.3) is 0 Å². The second kappa shape index (κ2) is 4.85. The third-order valence-corrected chi connectivity index (χ3v) is 2.77. The largest absolute Gasteiger partial charge is 0.298 e. The Labute approximate surface area is 95.7 Å². The maximum absolute atomic E-state index is 13.3. The third kappa shape index (κ3) is 2.43. The summed E-state index contributed by atoms with van der Waals surface area (Å²) in [7, 11) is 0. The molecule has 16 heavy (non-hydrogen) atoms. The quantitative estimate of drug-likeness (QED) is 0.604. The highest BCUT2D eigenvalue weighted by Gasteiger charge is 2.05. The molecule has 3 nitrogen and oxygen atoms in total. The molecule has 0 N–H and O–H groups in total. The van der Waals surface area contributed by atoms with Gasteiger partial charge in [-0.2, -0.15) is 0 Å². The van der Waals surface area contributed by atoms with Crippen molar-refractivity contribution in [3.63, 3.8) is 0 Å². The lowest BCUT2D eigenvalue weighted by atomic mass is 10.3. The number of halogens is 1. The Bertz CT molecular complexity index is 502. The molecule has 0 spiro atoms. The Morgan fingerprint density at radius 3 is 2.50 bits per heavy atom. The van der Waals surface area contributed by atoms with E-state index in [2.05, 4.69) is 9.97 Å². The Morgan fingerprint density at radius 1 is 1.19 bits per heavy atom. The van der Waals surface area contributed by atoms with E-state index in [1.165, 1.54) is 18.5 Å². The van der Waals surface area contributed by atoms with E-state index in [4.69, 9.17) is 0 Å². The van der Waals surface area contributed by atoms with Crippen molar-refractivity contribution in [2.45, 2.75) is 10.1 Å². The first kappa shape index (κ1) is 10.8. The zero-order chi connectivity index (χ0) is 11.4. The van der Waals surface area contributed by atoms with Crippen molar-refractivity contribution >= 4 is 18.0 Å². The number of hydrogen-bond acceptors (Lipinski definition) is 4. The summed E-state index contributed by atoms with van der Waals surface area (Å²) in [6.45, 7) is 0. The molecule has 2 rings (SSSR count). The highest BCUT2D eigenvalue weighted by Crippen LogP contribution is 2.26. The lowest BCUT2D eigenvalue weighted by Crippen LogP contribution is -1.90. The van der Waals surface area contributed by atoms with Gasteiger partial charge in [0.15, 0.2) is 11.4 Å². The van der Waals surface area contributed by atoms with Gasteiger partial charge in [-0.1, -0.05) is 12.1 Å². The molecule has 1 heterocycles. The maximum Gasteiger partial charge on any atom is 0.192 e. The molecule has 0 atom stereocenters. The molecule has 0 fully saturated rings. The number of hydrogen-bond donors (Lipinski definition) is 0. The lowest BCUT2D eigenvalue weighted by molar-refractivity contribution is 0.112. The summed E-state index contributed by atoms with van der Waals surface area (Å²) in [6.07, 6.45) is 3.48. The van der Waals surface area contributed by atoms with Crippen LogP contribution in [0.3, 0.4) is 0 Å². The van der Waals surface area contributed by atoms with Gasteiger partial charge in [0.2, 0.25) is 0 Å². The average molecular weight is 234 g/mol. The molecular formula is C11H7FN2OS. The summed E-state index contributed by atoms with van der Waals surface area (Å²) in [6, 6.07) is 6.39. The molecule has 0 saturated carbocycles. The molecule has 80 valence electrons. The summed E-state index contributed by atoms with van der Waals surface area (Å²) >= 11 is 1.12. The molecule has 0 aliphatic carbocycles. The summed E-state index contributed by atoms with van der Waals surface area (Å²) in [5, 5.41) is 0.413. The number of aldehydes is 1. The van der Waals surface area contributed by atoms with E-state index in [9.17, 15) is 9.18 Å². The number of benzene rings is 1. The molecular weight excluding hydrogens is 227 g/mol. The average Bonchev–Trinajstić information content (AvgIpc) is 2.33. The van der Waals surface area contributed by atoms with E-state index in [0.717, 1.165) is 11.8 Å². The van der Waals surface area contributed by atoms with Crippen molar-refractivity contribution in [1.29, 1.82) is 0 Å². The van der Waals surface area contributed by atoms with Gasteiger partial charge in [0.05, 0.1) is 10.5 Å². The standard InChI is InChI=1S/C11H7FN2OS/c12-9-3-1-2-4-10(9)16-11-13-5-8(7-15)6-14-11/h1-7H. The van der Waals surface area contributed by atoms with Crippen LogP contribution in [0.5, 0.6) is 0 Å². The predicted octanol–water partition coefficient (Wildman–Crippen LogP) is 2.58. The zero-order valence-corrected chi connectivity index (χ0v) is 8.95. The van der Waals surface area contributed by atoms with Crippen LogP contribution in [0.15, 0.2) is 46.7 Å². The SMILES string of the molecule is O=Cc1cnc(Sc2ccccc2F)nc1. The molecule has 0 unspecified atom stereocenters. The van der Waals surface area contributed by atoms with Gasteiger partial charge in [-0.25, -0.2) is 14.4 Å². The van der Waals surface area contributed by atoms with Crippen LogP contribution in [0.25, 0.3) is 0 Å². The maximum atomic E-state index is 13.3. The number of carbonyl (C=O) groups excluding carboxylic acids is 1. The zero-order valence-electron chi connectivity index (χ0n) is 8.13. The van der Waals surface area contributed by atoms with Crippen LogP contribution in [0, 0.1) is 5.82 Å². The number of nitrogens with zero attached hydrogens (tertiary/aromatic N) is 2. The van der Waals surface area contributed by atoms with E-state index >= 15 is 0 Å². The van der Waals surface area contributed by atoms with Crippen LogP contribution in [0.4, 0.5) is 4.39 Å². The molecule has 0 amide bonds. The van der Waals surface area contributed by atoms with Crippen molar-refractivity contribution < 1.29 is 9.18 Å². The number of carbonyl (C=O) groups is 1. The van der Waals surface area contributed by atoms with E-state index in [1.54, 1.807) is 18.2 Å². The second-order valence-corrected chi connectivity index (χ2v) is 3.96. The van der Waals surface area contributed by atoms with Crippen LogP contribution in [-0.2, 0) is 0 Å². The smallest absolute Gasteiger partial charge is 0.192 e. The van der Waals surface area contributed by atoms with Gasteiger partial charge in [-0.3, -0.25) is 4.79 Å². The molecule has 0 saturated heterocycles. The summed E-state index contributed by atoms with van der Waals surface area (Å²) < 4.78 is 13.3. The fourth-order valence-corrected chi connectivity index (χ4v) is 1.79. The van der Waals surface area contributed by atoms with Crippen molar-refractivity contribution in [2.75, 3.05) is 0 Å². The summed E-state index contributed by atoms with van der Waals surface area (Å²) in [5.41, 5.74) is 0.401. The molecule has 0 aliphatic heterocycles. The highest BCUT2D eigenvalue weighted by atomic mass is 32.2. The fraction of sp³-hybridized carbons (Fsp3) is 0. The van der Waals surface area contributed by atoms with Crippen LogP contribution in [-0.4, -0.2) is 16.3 Å². The van der Waals surface area contributed by atoms with Gasteiger partial charge in [0, 0.05) is 12.4 Å². The van der Waals surface area contributed by atoms with Crippen LogP contribution in [0.2, 0.25) is 0 Å². The second-order valence-electron chi connectivity index (χ2n) is 2.95. The first-order valence-electron chi connectivity index (χ1n) is 4.49. The molecule has 1 aromatic heterocycles. The monoisotopic (exact) mass is 234 g/mol. The first-order chi connectivity index (χ1) is 7.79.